The second-order valence-corrected chi connectivity index (χ2v) is 6.26. The summed E-state index contributed by atoms with van der Waals surface area (Å²) in [5.74, 6) is -0.807. The smallest absolute Gasteiger partial charge is 0.303 e. The molecule has 0 heterocycles. The first-order chi connectivity index (χ1) is 9.40. The molecule has 1 saturated carbocycles. The van der Waals surface area contributed by atoms with Crippen molar-refractivity contribution in [3.63, 3.8) is 0 Å². The molecule has 0 saturated heterocycles. The Labute approximate surface area is 121 Å². The Morgan fingerprint density at radius 3 is 2.40 bits per heavy atom. The van der Waals surface area contributed by atoms with E-state index in [2.05, 4.69) is 5.32 Å². The molecular formula is C15H28N2O3. The maximum atomic E-state index is 12.0. The molecule has 116 valence electrons. The number of carboxylic acids is 1. The van der Waals surface area contributed by atoms with Crippen LogP contribution in [0, 0.1) is 11.3 Å². The summed E-state index contributed by atoms with van der Waals surface area (Å²) in [6.45, 7) is 4.39. The zero-order valence-electron chi connectivity index (χ0n) is 12.7. The van der Waals surface area contributed by atoms with Crippen molar-refractivity contribution in [2.45, 2.75) is 64.8 Å². The SMILES string of the molecule is CCC(C)[C@H](N)C(=O)NCC1(CC(=O)O)CCCCC1. The summed E-state index contributed by atoms with van der Waals surface area (Å²) in [6, 6.07) is -0.509. The van der Waals surface area contributed by atoms with Crippen LogP contribution < -0.4 is 11.1 Å². The van der Waals surface area contributed by atoms with E-state index in [1.54, 1.807) is 0 Å². The van der Waals surface area contributed by atoms with Gasteiger partial charge in [-0.1, -0.05) is 39.5 Å². The molecule has 1 fully saturated rings. The van der Waals surface area contributed by atoms with Gasteiger partial charge in [-0.2, -0.15) is 0 Å². The van der Waals surface area contributed by atoms with Gasteiger partial charge in [-0.25, -0.2) is 0 Å². The monoisotopic (exact) mass is 284 g/mol. The highest BCUT2D eigenvalue weighted by atomic mass is 16.4. The van der Waals surface area contributed by atoms with Gasteiger partial charge in [-0.05, 0) is 24.2 Å². The van der Waals surface area contributed by atoms with E-state index < -0.39 is 12.0 Å². The zero-order valence-corrected chi connectivity index (χ0v) is 12.7. The maximum absolute atomic E-state index is 12.0. The van der Waals surface area contributed by atoms with E-state index in [-0.39, 0.29) is 23.7 Å². The lowest BCUT2D eigenvalue weighted by molar-refractivity contribution is -0.140. The minimum Gasteiger partial charge on any atom is -0.481 e. The number of hydrogen-bond donors (Lipinski definition) is 3. The molecule has 0 bridgehead atoms. The topological polar surface area (TPSA) is 92.4 Å². The average molecular weight is 284 g/mol. The fourth-order valence-corrected chi connectivity index (χ4v) is 2.94. The molecule has 2 atom stereocenters. The van der Waals surface area contributed by atoms with Gasteiger partial charge in [0.1, 0.15) is 0 Å². The van der Waals surface area contributed by atoms with Gasteiger partial charge >= 0.3 is 5.97 Å². The molecule has 1 amide bonds. The third kappa shape index (κ3) is 4.78. The fourth-order valence-electron chi connectivity index (χ4n) is 2.94. The van der Waals surface area contributed by atoms with Gasteiger partial charge in [-0.3, -0.25) is 9.59 Å². The predicted molar refractivity (Wildman–Crippen MR) is 78.2 cm³/mol. The van der Waals surface area contributed by atoms with E-state index in [1.165, 1.54) is 0 Å². The third-order valence-corrected chi connectivity index (χ3v) is 4.64. The predicted octanol–water partition coefficient (Wildman–Crippen LogP) is 1.90. The Kier molecular flexibility index (Phi) is 6.46. The highest BCUT2D eigenvalue weighted by Crippen LogP contribution is 2.38. The number of carbonyl (C=O) groups excluding carboxylic acids is 1. The van der Waals surface area contributed by atoms with Crippen molar-refractivity contribution < 1.29 is 14.7 Å². The standard InChI is InChI=1S/C15H28N2O3/c1-3-11(2)13(16)14(20)17-10-15(9-12(18)19)7-5-4-6-8-15/h11,13H,3-10,16H2,1-2H3,(H,17,20)(H,18,19)/t11?,13-/m0/s1. The molecule has 0 aromatic rings. The number of nitrogens with two attached hydrogens (primary N) is 1. The molecule has 4 N–H and O–H groups in total. The quantitative estimate of drug-likeness (QED) is 0.665. The van der Waals surface area contributed by atoms with E-state index in [9.17, 15) is 9.59 Å². The summed E-state index contributed by atoms with van der Waals surface area (Å²) in [4.78, 5) is 23.1. The van der Waals surface area contributed by atoms with E-state index >= 15 is 0 Å². The van der Waals surface area contributed by atoms with Crippen molar-refractivity contribution in [1.82, 2.24) is 5.32 Å². The van der Waals surface area contributed by atoms with Crippen LogP contribution in [-0.2, 0) is 9.59 Å². The van der Waals surface area contributed by atoms with Crippen LogP contribution in [-0.4, -0.2) is 29.6 Å². The highest BCUT2D eigenvalue weighted by Gasteiger charge is 2.35. The van der Waals surface area contributed by atoms with Crippen LogP contribution in [0.3, 0.4) is 0 Å². The van der Waals surface area contributed by atoms with E-state index in [4.69, 9.17) is 10.8 Å². The van der Waals surface area contributed by atoms with Crippen LogP contribution in [0.4, 0.5) is 0 Å². The minimum absolute atomic E-state index is 0.131. The van der Waals surface area contributed by atoms with Crippen molar-refractivity contribution in [2.75, 3.05) is 6.54 Å². The summed E-state index contributed by atoms with van der Waals surface area (Å²) in [5, 5.41) is 12.0. The van der Waals surface area contributed by atoms with Crippen molar-refractivity contribution in [2.24, 2.45) is 17.1 Å². The van der Waals surface area contributed by atoms with Crippen LogP contribution in [0.1, 0.15) is 58.8 Å². The van der Waals surface area contributed by atoms with Gasteiger partial charge in [0.2, 0.25) is 5.91 Å². The number of amides is 1. The molecular weight excluding hydrogens is 256 g/mol. The van der Waals surface area contributed by atoms with Crippen LogP contribution in [0.25, 0.3) is 0 Å². The molecule has 0 radical (unpaired) electrons. The van der Waals surface area contributed by atoms with Crippen molar-refractivity contribution in [1.29, 1.82) is 0 Å². The highest BCUT2D eigenvalue weighted by molar-refractivity contribution is 5.81. The first-order valence-corrected chi connectivity index (χ1v) is 7.65. The maximum Gasteiger partial charge on any atom is 0.303 e. The Balaban J connectivity index is 2.58. The summed E-state index contributed by atoms with van der Waals surface area (Å²) in [5.41, 5.74) is 5.62. The molecule has 0 aromatic heterocycles. The zero-order chi connectivity index (χ0) is 15.2. The summed E-state index contributed by atoms with van der Waals surface area (Å²) < 4.78 is 0. The van der Waals surface area contributed by atoms with Gasteiger partial charge in [0.15, 0.2) is 0 Å². The number of hydrogen-bond acceptors (Lipinski definition) is 3. The lowest BCUT2D eigenvalue weighted by Gasteiger charge is -2.36. The molecule has 20 heavy (non-hydrogen) atoms. The third-order valence-electron chi connectivity index (χ3n) is 4.64. The Hall–Kier alpha value is -1.10. The molecule has 0 aliphatic heterocycles. The molecule has 0 aromatic carbocycles. The van der Waals surface area contributed by atoms with Crippen molar-refractivity contribution in [3.8, 4) is 0 Å². The fraction of sp³-hybridized carbons (Fsp3) is 0.867. The Morgan fingerprint density at radius 2 is 1.90 bits per heavy atom. The molecule has 1 unspecified atom stereocenters. The van der Waals surface area contributed by atoms with E-state index in [1.807, 2.05) is 13.8 Å². The Morgan fingerprint density at radius 1 is 1.30 bits per heavy atom. The second kappa shape index (κ2) is 7.62. The summed E-state index contributed by atoms with van der Waals surface area (Å²) >= 11 is 0. The lowest BCUT2D eigenvalue weighted by Crippen LogP contribution is -2.48. The lowest BCUT2D eigenvalue weighted by atomic mass is 9.71. The molecule has 5 nitrogen and oxygen atoms in total. The number of carbonyl (C=O) groups is 2. The molecule has 1 aliphatic rings. The van der Waals surface area contributed by atoms with Crippen LogP contribution in [0.2, 0.25) is 0 Å². The summed E-state index contributed by atoms with van der Waals surface area (Å²) in [7, 11) is 0. The van der Waals surface area contributed by atoms with Gasteiger partial charge < -0.3 is 16.2 Å². The number of carboxylic acid groups (broad SMARTS) is 1. The first-order valence-electron chi connectivity index (χ1n) is 7.65. The van der Waals surface area contributed by atoms with Gasteiger partial charge in [0.25, 0.3) is 0 Å². The minimum atomic E-state index is -0.785. The number of aliphatic carboxylic acids is 1. The normalized spacial score (nSPS) is 20.9. The van der Waals surface area contributed by atoms with Gasteiger partial charge in [-0.15, -0.1) is 0 Å². The van der Waals surface area contributed by atoms with Crippen molar-refractivity contribution in [3.05, 3.63) is 0 Å². The molecule has 5 heteroatoms. The molecule has 0 spiro atoms. The average Bonchev–Trinajstić information content (AvgIpc) is 2.43. The Bertz CT molecular complexity index is 338. The summed E-state index contributed by atoms with van der Waals surface area (Å²) in [6.07, 6.45) is 5.97. The molecule has 1 rings (SSSR count). The van der Waals surface area contributed by atoms with Crippen LogP contribution in [0.15, 0.2) is 0 Å². The van der Waals surface area contributed by atoms with E-state index in [0.717, 1.165) is 38.5 Å². The van der Waals surface area contributed by atoms with Gasteiger partial charge in [0.05, 0.1) is 12.5 Å². The van der Waals surface area contributed by atoms with E-state index in [0.29, 0.717) is 6.54 Å². The number of rotatable bonds is 7. The van der Waals surface area contributed by atoms with Crippen molar-refractivity contribution >= 4 is 11.9 Å². The van der Waals surface area contributed by atoms with Crippen LogP contribution >= 0.6 is 0 Å². The number of nitrogens with one attached hydrogen (secondary N) is 1. The molecule has 1 aliphatic carbocycles. The van der Waals surface area contributed by atoms with Crippen LogP contribution in [0.5, 0.6) is 0 Å². The second-order valence-electron chi connectivity index (χ2n) is 6.26. The van der Waals surface area contributed by atoms with Gasteiger partial charge in [0, 0.05) is 6.54 Å². The largest absolute Gasteiger partial charge is 0.481 e. The first kappa shape index (κ1) is 17.0.